The van der Waals surface area contributed by atoms with Crippen molar-refractivity contribution in [2.24, 2.45) is 0 Å². The Hall–Kier alpha value is -0.570. The number of rotatable bonds is 2. The number of halogens is 1. The van der Waals surface area contributed by atoms with Gasteiger partial charge in [0.15, 0.2) is 6.29 Å². The minimum atomic E-state index is 0.409. The van der Waals surface area contributed by atoms with E-state index in [1.54, 1.807) is 0 Å². The van der Waals surface area contributed by atoms with Gasteiger partial charge in [-0.3, -0.25) is 4.79 Å². The summed E-state index contributed by atoms with van der Waals surface area (Å²) < 4.78 is 0.907. The van der Waals surface area contributed by atoms with Crippen molar-refractivity contribution >= 4 is 22.2 Å². The van der Waals surface area contributed by atoms with Crippen LogP contribution >= 0.6 is 15.9 Å². The van der Waals surface area contributed by atoms with Crippen molar-refractivity contribution in [3.8, 4) is 0 Å². The summed E-state index contributed by atoms with van der Waals surface area (Å²) in [5.41, 5.74) is 2.76. The smallest absolute Gasteiger partial charge is 0.152 e. The van der Waals surface area contributed by atoms with Crippen LogP contribution in [0.1, 0.15) is 41.5 Å². The van der Waals surface area contributed by atoms with Gasteiger partial charge in [0, 0.05) is 21.4 Å². The average Bonchev–Trinajstić information content (AvgIpc) is 2.27. The van der Waals surface area contributed by atoms with Crippen molar-refractivity contribution < 1.29 is 4.79 Å². The summed E-state index contributed by atoms with van der Waals surface area (Å²) in [5, 5.41) is 0. The molecule has 0 bridgehead atoms. The highest BCUT2D eigenvalue weighted by Crippen LogP contribution is 2.28. The number of nitrogens with one attached hydrogen (secondary N) is 1. The van der Waals surface area contributed by atoms with Crippen LogP contribution < -0.4 is 0 Å². The summed E-state index contributed by atoms with van der Waals surface area (Å²) in [5.74, 6) is 0.409. The molecule has 0 saturated heterocycles. The third kappa shape index (κ3) is 1.46. The van der Waals surface area contributed by atoms with E-state index in [0.717, 1.165) is 27.7 Å². The van der Waals surface area contributed by atoms with Gasteiger partial charge in [-0.15, -0.1) is 0 Å². The zero-order valence-electron chi connectivity index (χ0n) is 7.44. The maximum atomic E-state index is 10.6. The Labute approximate surface area is 80.5 Å². The Balaban J connectivity index is 3.26. The number of aryl methyl sites for hydroxylation is 1. The fraction of sp³-hybridized carbons (Fsp3) is 0.444. The van der Waals surface area contributed by atoms with Gasteiger partial charge in [-0.2, -0.15) is 0 Å². The summed E-state index contributed by atoms with van der Waals surface area (Å²) in [4.78, 5) is 13.8. The number of carbonyl (C=O) groups excluding carboxylic acids is 1. The lowest BCUT2D eigenvalue weighted by Gasteiger charge is -2.01. The molecule has 0 aliphatic rings. The van der Waals surface area contributed by atoms with Crippen molar-refractivity contribution in [1.82, 2.24) is 4.98 Å². The first-order valence-electron chi connectivity index (χ1n) is 3.91. The van der Waals surface area contributed by atoms with Gasteiger partial charge >= 0.3 is 0 Å². The standard InChI is InChI=1S/C9H12BrNO/c1-5(2)9-8(10)7(4-12)6(3)11-9/h4-5,11H,1-3H3. The van der Waals surface area contributed by atoms with Gasteiger partial charge in [0.1, 0.15) is 0 Å². The predicted molar refractivity (Wildman–Crippen MR) is 52.7 cm³/mol. The maximum Gasteiger partial charge on any atom is 0.152 e. The molecule has 0 amide bonds. The van der Waals surface area contributed by atoms with Gasteiger partial charge in [-0.25, -0.2) is 0 Å². The summed E-state index contributed by atoms with van der Waals surface area (Å²) >= 11 is 3.40. The monoisotopic (exact) mass is 229 g/mol. The Morgan fingerprint density at radius 3 is 2.33 bits per heavy atom. The maximum absolute atomic E-state index is 10.6. The molecule has 0 aliphatic heterocycles. The van der Waals surface area contributed by atoms with Crippen LogP contribution in [0.5, 0.6) is 0 Å². The Morgan fingerprint density at radius 1 is 1.50 bits per heavy atom. The van der Waals surface area contributed by atoms with Crippen LogP contribution in [0.2, 0.25) is 0 Å². The molecule has 0 aliphatic carbocycles. The lowest BCUT2D eigenvalue weighted by molar-refractivity contribution is 0.112. The molecule has 3 heteroatoms. The van der Waals surface area contributed by atoms with Crippen molar-refractivity contribution in [3.05, 3.63) is 21.4 Å². The molecule has 66 valence electrons. The number of aromatic amines is 1. The van der Waals surface area contributed by atoms with E-state index in [4.69, 9.17) is 0 Å². The molecule has 12 heavy (non-hydrogen) atoms. The van der Waals surface area contributed by atoms with Crippen LogP contribution in [-0.4, -0.2) is 11.3 Å². The van der Waals surface area contributed by atoms with Crippen LogP contribution in [-0.2, 0) is 0 Å². The van der Waals surface area contributed by atoms with E-state index >= 15 is 0 Å². The highest BCUT2D eigenvalue weighted by Gasteiger charge is 2.13. The quantitative estimate of drug-likeness (QED) is 0.778. The highest BCUT2D eigenvalue weighted by molar-refractivity contribution is 9.10. The molecule has 0 aromatic carbocycles. The lowest BCUT2D eigenvalue weighted by atomic mass is 10.1. The van der Waals surface area contributed by atoms with Crippen LogP contribution in [0, 0.1) is 6.92 Å². The molecule has 0 unspecified atom stereocenters. The Bertz CT molecular complexity index is 302. The zero-order chi connectivity index (χ0) is 9.30. The molecule has 1 aromatic rings. The van der Waals surface area contributed by atoms with E-state index in [1.165, 1.54) is 0 Å². The molecule has 1 rings (SSSR count). The molecule has 0 radical (unpaired) electrons. The third-order valence-corrected chi connectivity index (χ3v) is 2.75. The molecule has 0 saturated carbocycles. The number of hydrogen-bond acceptors (Lipinski definition) is 1. The Morgan fingerprint density at radius 2 is 2.08 bits per heavy atom. The SMILES string of the molecule is Cc1[nH]c(C(C)C)c(Br)c1C=O. The number of carbonyl (C=O) groups is 1. The third-order valence-electron chi connectivity index (χ3n) is 1.89. The van der Waals surface area contributed by atoms with Crippen LogP contribution in [0.3, 0.4) is 0 Å². The molecular weight excluding hydrogens is 218 g/mol. The molecule has 0 fully saturated rings. The average molecular weight is 230 g/mol. The van der Waals surface area contributed by atoms with Gasteiger partial charge in [-0.1, -0.05) is 13.8 Å². The van der Waals surface area contributed by atoms with Crippen LogP contribution in [0.25, 0.3) is 0 Å². The van der Waals surface area contributed by atoms with E-state index in [-0.39, 0.29) is 0 Å². The molecular formula is C9H12BrNO. The van der Waals surface area contributed by atoms with Gasteiger partial charge in [0.05, 0.1) is 0 Å². The summed E-state index contributed by atoms with van der Waals surface area (Å²) in [7, 11) is 0. The second-order valence-corrected chi connectivity index (χ2v) is 3.96. The summed E-state index contributed by atoms with van der Waals surface area (Å²) in [6.45, 7) is 6.08. The normalized spacial score (nSPS) is 10.8. The van der Waals surface area contributed by atoms with Crippen molar-refractivity contribution in [3.63, 3.8) is 0 Å². The molecule has 0 spiro atoms. The number of H-pyrrole nitrogens is 1. The molecule has 0 atom stereocenters. The fourth-order valence-electron chi connectivity index (χ4n) is 1.17. The fourth-order valence-corrected chi connectivity index (χ4v) is 2.12. The first-order chi connectivity index (χ1) is 5.57. The zero-order valence-corrected chi connectivity index (χ0v) is 9.03. The predicted octanol–water partition coefficient (Wildman–Crippen LogP) is 3.02. The minimum absolute atomic E-state index is 0.409. The van der Waals surface area contributed by atoms with E-state index in [9.17, 15) is 4.79 Å². The minimum Gasteiger partial charge on any atom is -0.361 e. The van der Waals surface area contributed by atoms with Crippen LogP contribution in [0.15, 0.2) is 4.47 Å². The van der Waals surface area contributed by atoms with Gasteiger partial charge in [0.2, 0.25) is 0 Å². The largest absolute Gasteiger partial charge is 0.361 e. The Kier molecular flexibility index (Phi) is 2.73. The molecule has 1 heterocycles. The number of hydrogen-bond donors (Lipinski definition) is 1. The summed E-state index contributed by atoms with van der Waals surface area (Å²) in [6, 6.07) is 0. The number of aldehydes is 1. The highest BCUT2D eigenvalue weighted by atomic mass is 79.9. The molecule has 1 aromatic heterocycles. The van der Waals surface area contributed by atoms with E-state index < -0.39 is 0 Å². The van der Waals surface area contributed by atoms with E-state index in [2.05, 4.69) is 34.8 Å². The molecule has 2 nitrogen and oxygen atoms in total. The first kappa shape index (κ1) is 9.52. The van der Waals surface area contributed by atoms with E-state index in [1.807, 2.05) is 6.92 Å². The second-order valence-electron chi connectivity index (χ2n) is 3.16. The van der Waals surface area contributed by atoms with E-state index in [0.29, 0.717) is 5.92 Å². The van der Waals surface area contributed by atoms with Crippen molar-refractivity contribution in [2.45, 2.75) is 26.7 Å². The van der Waals surface area contributed by atoms with Gasteiger partial charge in [0.25, 0.3) is 0 Å². The summed E-state index contributed by atoms with van der Waals surface area (Å²) in [6.07, 6.45) is 0.877. The lowest BCUT2D eigenvalue weighted by Crippen LogP contribution is -1.87. The topological polar surface area (TPSA) is 32.9 Å². The first-order valence-corrected chi connectivity index (χ1v) is 4.70. The van der Waals surface area contributed by atoms with Gasteiger partial charge in [-0.05, 0) is 28.8 Å². The number of aromatic nitrogens is 1. The second kappa shape index (κ2) is 3.44. The van der Waals surface area contributed by atoms with Crippen molar-refractivity contribution in [1.29, 1.82) is 0 Å². The van der Waals surface area contributed by atoms with Crippen molar-refractivity contribution in [2.75, 3.05) is 0 Å². The molecule has 1 N–H and O–H groups in total. The van der Waals surface area contributed by atoms with Gasteiger partial charge < -0.3 is 4.98 Å². The van der Waals surface area contributed by atoms with Crippen LogP contribution in [0.4, 0.5) is 0 Å².